The zero-order valence-electron chi connectivity index (χ0n) is 21.8. The van der Waals surface area contributed by atoms with Gasteiger partial charge in [0.05, 0.1) is 23.0 Å². The summed E-state index contributed by atoms with van der Waals surface area (Å²) < 4.78 is 30.9. The number of phenols is 1. The summed E-state index contributed by atoms with van der Waals surface area (Å²) in [5.74, 6) is 0.297. The van der Waals surface area contributed by atoms with Crippen LogP contribution >= 0.6 is 34.8 Å². The number of aromatic hydroxyl groups is 1. The van der Waals surface area contributed by atoms with Gasteiger partial charge in [0, 0.05) is 12.2 Å². The summed E-state index contributed by atoms with van der Waals surface area (Å²) in [5.41, 5.74) is 4.17. The van der Waals surface area contributed by atoms with E-state index in [2.05, 4.69) is 83.1 Å². The van der Waals surface area contributed by atoms with Crippen LogP contribution < -0.4 is 20.3 Å². The Kier molecular flexibility index (Phi) is 9.98. The molecule has 3 aromatic rings. The fourth-order valence-electron chi connectivity index (χ4n) is 3.72. The molecule has 0 saturated carbocycles. The molecule has 0 saturated heterocycles. The summed E-state index contributed by atoms with van der Waals surface area (Å²) in [7, 11) is -1.32. The second-order valence-electron chi connectivity index (χ2n) is 9.59. The predicted octanol–water partition coefficient (Wildman–Crippen LogP) is 5.55. The van der Waals surface area contributed by atoms with Crippen molar-refractivity contribution in [2.75, 3.05) is 19.5 Å². The Hall–Kier alpha value is -2.45. The molecule has 0 aromatic heterocycles. The molecule has 11 heteroatoms. The molecule has 204 valence electrons. The van der Waals surface area contributed by atoms with Crippen molar-refractivity contribution >= 4 is 55.6 Å². The zero-order chi connectivity index (χ0) is 28.1. The van der Waals surface area contributed by atoms with Crippen molar-refractivity contribution in [1.29, 1.82) is 0 Å². The average Bonchev–Trinajstić information content (AvgIpc) is 2.87. The summed E-state index contributed by atoms with van der Waals surface area (Å²) in [6.45, 7) is 7.03. The normalized spacial score (nSPS) is 12.6. The van der Waals surface area contributed by atoms with E-state index in [1.54, 1.807) is 24.3 Å². The fraction of sp³-hybridized carbons (Fsp3) is 0.296. The third-order valence-electron chi connectivity index (χ3n) is 5.80. The number of ether oxygens (including phenoxy) is 1. The number of nitrogens with one attached hydrogen (secondary N) is 3. The highest BCUT2D eigenvalue weighted by Gasteiger charge is 2.25. The van der Waals surface area contributed by atoms with Gasteiger partial charge < -0.3 is 20.5 Å². The molecule has 1 unspecified atom stereocenters. The van der Waals surface area contributed by atoms with Crippen LogP contribution in [0.25, 0.3) is 0 Å². The summed E-state index contributed by atoms with van der Waals surface area (Å²) in [6.07, 6.45) is 0. The van der Waals surface area contributed by atoms with Gasteiger partial charge in [0.15, 0.2) is 16.6 Å². The van der Waals surface area contributed by atoms with Gasteiger partial charge in [0.1, 0.15) is 0 Å². The highest BCUT2D eigenvalue weighted by Crippen LogP contribution is 2.39. The van der Waals surface area contributed by atoms with E-state index in [4.69, 9.17) is 21.8 Å². The van der Waals surface area contributed by atoms with E-state index in [0.29, 0.717) is 28.7 Å². The Labute approximate surface area is 243 Å². The van der Waals surface area contributed by atoms with Crippen LogP contribution in [0.2, 0.25) is 0 Å². The van der Waals surface area contributed by atoms with Gasteiger partial charge in [-0.1, -0.05) is 84.6 Å². The van der Waals surface area contributed by atoms with Crippen molar-refractivity contribution in [3.8, 4) is 11.5 Å². The van der Waals surface area contributed by atoms with Crippen LogP contribution in [0.15, 0.2) is 65.6 Å². The number of anilines is 1. The van der Waals surface area contributed by atoms with Crippen LogP contribution in [0.5, 0.6) is 11.5 Å². The van der Waals surface area contributed by atoms with Crippen molar-refractivity contribution in [1.82, 2.24) is 10.2 Å². The molecule has 3 aromatic carbocycles. The number of phenolic OH excluding ortho intramolecular Hbond substituents is 1. The van der Waals surface area contributed by atoms with Gasteiger partial charge in [0.25, 0.3) is 10.0 Å². The standard InChI is InChI=1S/C27H32IN3O5S2/c1-27(2,3)19-9-6-17(7-10-19)16-29-26(37)30-20-11-12-21(24(15-20)38(33,34)31-36-5)25(28)18-8-13-22(32)23(14-18)35-4/h6-15,25,31-32H,16H2,1-5H3,(H2,29,30,37). The minimum Gasteiger partial charge on any atom is -0.504 e. The van der Waals surface area contributed by atoms with E-state index in [1.165, 1.54) is 31.9 Å². The molecular weight excluding hydrogens is 637 g/mol. The molecule has 0 aliphatic carbocycles. The number of hydrogen-bond donors (Lipinski definition) is 4. The van der Waals surface area contributed by atoms with Gasteiger partial charge in [-0.15, -0.1) is 0 Å². The van der Waals surface area contributed by atoms with E-state index >= 15 is 0 Å². The third-order valence-corrected chi connectivity index (χ3v) is 8.75. The van der Waals surface area contributed by atoms with Gasteiger partial charge in [-0.05, 0) is 64.2 Å². The number of rotatable bonds is 9. The zero-order valence-corrected chi connectivity index (χ0v) is 25.6. The van der Waals surface area contributed by atoms with Gasteiger partial charge in [-0.25, -0.2) is 8.42 Å². The van der Waals surface area contributed by atoms with Crippen LogP contribution in [0.1, 0.15) is 46.9 Å². The second-order valence-corrected chi connectivity index (χ2v) is 12.9. The lowest BCUT2D eigenvalue weighted by Crippen LogP contribution is -2.28. The quantitative estimate of drug-likeness (QED) is 0.102. The number of halogens is 1. The topological polar surface area (TPSA) is 109 Å². The van der Waals surface area contributed by atoms with E-state index < -0.39 is 10.0 Å². The van der Waals surface area contributed by atoms with Crippen LogP contribution in [0, 0.1) is 0 Å². The molecule has 8 nitrogen and oxygen atoms in total. The minimum absolute atomic E-state index is 0.000509. The Balaban J connectivity index is 1.82. The first-order valence-electron chi connectivity index (χ1n) is 11.7. The molecule has 0 radical (unpaired) electrons. The molecule has 0 heterocycles. The average molecular weight is 670 g/mol. The number of alkyl halides is 1. The van der Waals surface area contributed by atoms with Crippen LogP contribution in [0.3, 0.4) is 0 Å². The predicted molar refractivity (Wildman–Crippen MR) is 162 cm³/mol. The molecule has 3 rings (SSSR count). The number of methoxy groups -OCH3 is 1. The Morgan fingerprint density at radius 2 is 1.74 bits per heavy atom. The van der Waals surface area contributed by atoms with Gasteiger partial charge in [0.2, 0.25) is 0 Å². The number of hydrogen-bond acceptors (Lipinski definition) is 6. The first-order valence-corrected chi connectivity index (χ1v) is 14.8. The van der Waals surface area contributed by atoms with Gasteiger partial charge in [-0.2, -0.15) is 0 Å². The first kappa shape index (κ1) is 30.1. The summed E-state index contributed by atoms with van der Waals surface area (Å²) in [5, 5.41) is 16.5. The Morgan fingerprint density at radius 1 is 1.05 bits per heavy atom. The van der Waals surface area contributed by atoms with E-state index in [-0.39, 0.29) is 20.0 Å². The minimum atomic E-state index is -4.01. The maximum atomic E-state index is 13.0. The van der Waals surface area contributed by atoms with E-state index in [9.17, 15) is 13.5 Å². The Bertz CT molecular complexity index is 1390. The van der Waals surface area contributed by atoms with E-state index in [1.807, 2.05) is 0 Å². The highest BCUT2D eigenvalue weighted by molar-refractivity contribution is 14.1. The molecule has 38 heavy (non-hydrogen) atoms. The first-order chi connectivity index (χ1) is 17.9. The SMILES string of the molecule is CONS(=O)(=O)c1cc(NC(=S)NCc2ccc(C(C)(C)C)cc2)ccc1C(I)c1ccc(O)c(OC)c1. The lowest BCUT2D eigenvalue weighted by molar-refractivity contribution is 0.153. The molecule has 0 bridgehead atoms. The van der Waals surface area contributed by atoms with Crippen LogP contribution in [0.4, 0.5) is 5.69 Å². The van der Waals surface area contributed by atoms with Crippen molar-refractivity contribution in [2.45, 2.75) is 41.6 Å². The van der Waals surface area contributed by atoms with Crippen LogP contribution in [-0.4, -0.2) is 32.9 Å². The fourth-order valence-corrected chi connectivity index (χ4v) is 6.14. The molecule has 0 aliphatic rings. The second kappa shape index (κ2) is 12.6. The number of benzene rings is 3. The molecule has 0 aliphatic heterocycles. The van der Waals surface area contributed by atoms with Gasteiger partial charge >= 0.3 is 0 Å². The molecule has 4 N–H and O–H groups in total. The molecule has 0 spiro atoms. The summed E-state index contributed by atoms with van der Waals surface area (Å²) >= 11 is 7.61. The number of thiocarbonyl (C=S) groups is 1. The molecule has 1 atom stereocenters. The smallest absolute Gasteiger partial charge is 0.262 e. The van der Waals surface area contributed by atoms with Crippen molar-refractivity contribution in [3.63, 3.8) is 0 Å². The summed E-state index contributed by atoms with van der Waals surface area (Å²) in [6, 6.07) is 18.2. The maximum Gasteiger partial charge on any atom is 0.262 e. The monoisotopic (exact) mass is 669 g/mol. The lowest BCUT2D eigenvalue weighted by Gasteiger charge is -2.20. The highest BCUT2D eigenvalue weighted by atomic mass is 127. The molecule has 0 amide bonds. The summed E-state index contributed by atoms with van der Waals surface area (Å²) in [4.78, 5) is 6.85. The molecule has 0 fully saturated rings. The molecular formula is C27H32IN3O5S2. The van der Waals surface area contributed by atoms with Gasteiger partial charge in [-0.3, -0.25) is 4.84 Å². The third kappa shape index (κ3) is 7.56. The van der Waals surface area contributed by atoms with Crippen LogP contribution in [-0.2, 0) is 26.8 Å². The largest absolute Gasteiger partial charge is 0.504 e. The lowest BCUT2D eigenvalue weighted by atomic mass is 9.87. The van der Waals surface area contributed by atoms with Crippen molar-refractivity contribution in [3.05, 3.63) is 82.9 Å². The van der Waals surface area contributed by atoms with Crippen molar-refractivity contribution in [2.24, 2.45) is 0 Å². The number of sulfonamides is 1. The van der Waals surface area contributed by atoms with E-state index in [0.717, 1.165) is 11.1 Å². The van der Waals surface area contributed by atoms with Crippen molar-refractivity contribution < 1.29 is 23.1 Å². The maximum absolute atomic E-state index is 13.0. The Morgan fingerprint density at radius 3 is 2.34 bits per heavy atom.